The lowest BCUT2D eigenvalue weighted by molar-refractivity contribution is 0.107. The van der Waals surface area contributed by atoms with Crippen molar-refractivity contribution < 1.29 is 14.0 Å². The first-order valence-electron chi connectivity index (χ1n) is 2.65. The molecule has 0 bridgehead atoms. The van der Waals surface area contributed by atoms with Gasteiger partial charge in [0.1, 0.15) is 5.60 Å². The summed E-state index contributed by atoms with van der Waals surface area (Å²) in [6.07, 6.45) is 0. The maximum atomic E-state index is 10.2. The van der Waals surface area contributed by atoms with Crippen LogP contribution in [-0.2, 0) is 9.09 Å². The first-order valence-corrected chi connectivity index (χ1v) is 5.05. The van der Waals surface area contributed by atoms with Gasteiger partial charge in [0, 0.05) is 0 Å². The molecule has 0 aromatic carbocycles. The van der Waals surface area contributed by atoms with Crippen molar-refractivity contribution in [2.45, 2.75) is 23.2 Å². The highest BCUT2D eigenvalue weighted by Crippen LogP contribution is 2.44. The summed E-state index contributed by atoms with van der Waals surface area (Å²) < 4.78 is 13.0. The van der Waals surface area contributed by atoms with Crippen molar-refractivity contribution in [1.29, 1.82) is 0 Å². The van der Waals surface area contributed by atoms with E-state index in [0.717, 1.165) is 0 Å². The third-order valence-electron chi connectivity index (χ3n) is 1.03. The summed E-state index contributed by atoms with van der Waals surface area (Å²) in [4.78, 5) is 8.40. The van der Waals surface area contributed by atoms with Gasteiger partial charge in [0.05, 0.1) is 0 Å². The zero-order valence-corrected chi connectivity index (χ0v) is 9.17. The van der Waals surface area contributed by atoms with E-state index in [4.69, 9.17) is 39.7 Å². The van der Waals surface area contributed by atoms with Crippen molar-refractivity contribution in [3.63, 3.8) is 0 Å². The van der Waals surface area contributed by atoms with Crippen LogP contribution in [-0.4, -0.2) is 14.3 Å². The summed E-state index contributed by atoms with van der Waals surface area (Å²) in [5, 5.41) is 0. The topological polar surface area (TPSA) is 46.5 Å². The van der Waals surface area contributed by atoms with E-state index < -0.39 is 17.6 Å². The van der Waals surface area contributed by atoms with Crippen molar-refractivity contribution in [1.82, 2.24) is 0 Å². The molecule has 1 N–H and O–H groups in total. The van der Waals surface area contributed by atoms with Crippen LogP contribution in [0.4, 0.5) is 0 Å². The molecule has 0 rings (SSSR count). The predicted octanol–water partition coefficient (Wildman–Crippen LogP) is 2.53. The molecule has 0 heterocycles. The first kappa shape index (κ1) is 12.0. The Morgan fingerprint density at radius 3 is 1.82 bits per heavy atom. The van der Waals surface area contributed by atoms with Gasteiger partial charge in [0.25, 0.3) is 0 Å². The fourth-order valence-corrected chi connectivity index (χ4v) is 1.18. The van der Waals surface area contributed by atoms with Gasteiger partial charge in [-0.3, -0.25) is 4.57 Å². The van der Waals surface area contributed by atoms with E-state index in [1.807, 2.05) is 0 Å². The van der Waals surface area contributed by atoms with Crippen LogP contribution < -0.4 is 0 Å². The molecule has 0 aromatic rings. The van der Waals surface area contributed by atoms with Crippen LogP contribution in [0.2, 0.25) is 0 Å². The van der Waals surface area contributed by atoms with Crippen LogP contribution in [0.3, 0.4) is 0 Å². The number of rotatable bonds is 2. The Morgan fingerprint density at radius 1 is 1.36 bits per heavy atom. The highest BCUT2D eigenvalue weighted by Gasteiger charge is 2.42. The average molecular weight is 241 g/mol. The van der Waals surface area contributed by atoms with E-state index in [9.17, 15) is 4.57 Å². The van der Waals surface area contributed by atoms with Crippen LogP contribution in [0.15, 0.2) is 0 Å². The fraction of sp³-hybridized carbons (Fsp3) is 1.00. The first-order chi connectivity index (χ1) is 4.67. The van der Waals surface area contributed by atoms with E-state index in [-0.39, 0.29) is 0 Å². The zero-order valence-electron chi connectivity index (χ0n) is 5.90. The molecule has 0 aromatic heterocycles. The number of alkyl halides is 3. The zero-order chi connectivity index (χ0) is 9.28. The van der Waals surface area contributed by atoms with Gasteiger partial charge in [-0.2, -0.15) is 0 Å². The molecule has 0 fully saturated rings. The second kappa shape index (κ2) is 3.82. The summed E-state index contributed by atoms with van der Waals surface area (Å²) in [6.45, 7) is 2.83. The normalized spacial score (nSPS) is 16.5. The number of halogens is 3. The molecule has 1 unspecified atom stereocenters. The van der Waals surface area contributed by atoms with Crippen LogP contribution in [0.5, 0.6) is 0 Å². The van der Waals surface area contributed by atoms with Crippen LogP contribution in [0.25, 0.3) is 0 Å². The van der Waals surface area contributed by atoms with Crippen molar-refractivity contribution in [3.05, 3.63) is 0 Å². The van der Waals surface area contributed by atoms with Gasteiger partial charge < -0.3 is 9.42 Å². The number of hydrogen-bond donors (Lipinski definition) is 1. The van der Waals surface area contributed by atoms with Gasteiger partial charge in [0.15, 0.2) is 0 Å². The summed E-state index contributed by atoms with van der Waals surface area (Å²) in [6, 6.07) is 0. The van der Waals surface area contributed by atoms with Crippen LogP contribution in [0.1, 0.15) is 13.8 Å². The smallest absolute Gasteiger partial charge is 0.317 e. The Labute approximate surface area is 80.5 Å². The van der Waals surface area contributed by atoms with Crippen LogP contribution >= 0.6 is 43.1 Å². The Balaban J connectivity index is 4.34. The number of hydrogen-bond acceptors (Lipinski definition) is 2. The Bertz CT molecular complexity index is 164. The van der Waals surface area contributed by atoms with E-state index in [1.54, 1.807) is 0 Å². The van der Waals surface area contributed by atoms with Gasteiger partial charge >= 0.3 is 8.25 Å². The summed E-state index contributed by atoms with van der Waals surface area (Å²) in [7, 11) is -3.08. The highest BCUT2D eigenvalue weighted by molar-refractivity contribution is 7.32. The van der Waals surface area contributed by atoms with Crippen molar-refractivity contribution in [2.75, 3.05) is 0 Å². The van der Waals surface area contributed by atoms with Gasteiger partial charge in [0.2, 0.25) is 3.79 Å². The molecule has 0 spiro atoms. The molecule has 0 saturated heterocycles. The Kier molecular flexibility index (Phi) is 4.17. The molecule has 68 valence electrons. The second-order valence-corrected chi connectivity index (χ2v) is 5.39. The SMILES string of the molecule is CC(C)(O[PH](=O)O)C(Cl)(Cl)Cl. The molecule has 0 aliphatic heterocycles. The maximum absolute atomic E-state index is 10.2. The van der Waals surface area contributed by atoms with Gasteiger partial charge in [-0.1, -0.05) is 34.8 Å². The highest BCUT2D eigenvalue weighted by atomic mass is 35.6. The lowest BCUT2D eigenvalue weighted by atomic mass is 10.2. The van der Waals surface area contributed by atoms with Gasteiger partial charge in [-0.05, 0) is 13.8 Å². The van der Waals surface area contributed by atoms with Gasteiger partial charge in [-0.25, -0.2) is 0 Å². The summed E-state index contributed by atoms with van der Waals surface area (Å²) in [5.74, 6) is 0. The second-order valence-electron chi connectivity index (χ2n) is 2.38. The molecular formula is C4H8Cl3O3P. The average Bonchev–Trinajstić information content (AvgIpc) is 1.56. The lowest BCUT2D eigenvalue weighted by Crippen LogP contribution is -2.37. The third kappa shape index (κ3) is 3.97. The van der Waals surface area contributed by atoms with Gasteiger partial charge in [-0.15, -0.1) is 0 Å². The van der Waals surface area contributed by atoms with Crippen molar-refractivity contribution >= 4 is 43.1 Å². The summed E-state index contributed by atoms with van der Waals surface area (Å²) >= 11 is 16.3. The fourth-order valence-electron chi connectivity index (χ4n) is 0.276. The molecule has 7 heteroatoms. The monoisotopic (exact) mass is 240 g/mol. The Morgan fingerprint density at radius 2 is 1.73 bits per heavy atom. The molecule has 0 radical (unpaired) electrons. The largest absolute Gasteiger partial charge is 0.326 e. The Hall–Kier alpha value is 1.02. The van der Waals surface area contributed by atoms with Crippen molar-refractivity contribution in [2.24, 2.45) is 0 Å². The molecule has 11 heavy (non-hydrogen) atoms. The molecule has 0 aliphatic carbocycles. The van der Waals surface area contributed by atoms with E-state index >= 15 is 0 Å². The minimum absolute atomic E-state index is 1.26. The molecule has 1 atom stereocenters. The molecule has 0 aliphatic rings. The van der Waals surface area contributed by atoms with Crippen LogP contribution in [0, 0.1) is 0 Å². The summed E-state index contributed by atoms with van der Waals surface area (Å²) in [5.41, 5.74) is -1.26. The quantitative estimate of drug-likeness (QED) is 0.597. The van der Waals surface area contributed by atoms with E-state index in [1.165, 1.54) is 13.8 Å². The lowest BCUT2D eigenvalue weighted by Gasteiger charge is -2.30. The predicted molar refractivity (Wildman–Crippen MR) is 46.7 cm³/mol. The van der Waals surface area contributed by atoms with Crippen molar-refractivity contribution in [3.8, 4) is 0 Å². The standard InChI is InChI=1S/C4H8Cl3O3P/c1-3(2,4(5,6)7)10-11(8)9/h11H,1-2H3,(H,8,9). The minimum atomic E-state index is -3.08. The molecular weight excluding hydrogens is 233 g/mol. The minimum Gasteiger partial charge on any atom is -0.326 e. The molecule has 0 amide bonds. The van der Waals surface area contributed by atoms with E-state index in [2.05, 4.69) is 4.52 Å². The van der Waals surface area contributed by atoms with E-state index in [0.29, 0.717) is 0 Å². The maximum Gasteiger partial charge on any atom is 0.317 e. The molecule has 0 saturated carbocycles. The third-order valence-corrected chi connectivity index (χ3v) is 3.08. The molecule has 3 nitrogen and oxygen atoms in total.